The molecule has 0 aliphatic heterocycles. The number of fused-ring (bicyclic) bond motifs is 1. The molecule has 0 unspecified atom stereocenters. The molecule has 0 fully saturated rings. The molecule has 5 nitrogen and oxygen atoms in total. The lowest BCUT2D eigenvalue weighted by atomic mass is 9.94. The molecular weight excluding hydrogens is 314 g/mol. The molecule has 126 valence electrons. The molecule has 0 spiro atoms. The van der Waals surface area contributed by atoms with E-state index in [-0.39, 0.29) is 5.97 Å². The van der Waals surface area contributed by atoms with Crippen LogP contribution in [-0.4, -0.2) is 27.8 Å². The molecule has 1 aliphatic rings. The predicted molar refractivity (Wildman–Crippen MR) is 94.8 cm³/mol. The molecule has 0 amide bonds. The van der Waals surface area contributed by atoms with Crippen LogP contribution in [0.2, 0.25) is 0 Å². The predicted octanol–water partition coefficient (Wildman–Crippen LogP) is 3.60. The fourth-order valence-corrected chi connectivity index (χ4v) is 3.38. The highest BCUT2D eigenvalue weighted by molar-refractivity contribution is 5.89. The number of pyridine rings is 1. The summed E-state index contributed by atoms with van der Waals surface area (Å²) in [4.78, 5) is 16.1. The minimum atomic E-state index is -0.330. The van der Waals surface area contributed by atoms with Gasteiger partial charge in [0.15, 0.2) is 0 Å². The number of hydrogen-bond donors (Lipinski definition) is 0. The van der Waals surface area contributed by atoms with Gasteiger partial charge in [0.1, 0.15) is 5.69 Å². The van der Waals surface area contributed by atoms with E-state index in [0.717, 1.165) is 29.9 Å². The van der Waals surface area contributed by atoms with Crippen molar-refractivity contribution in [1.29, 1.82) is 0 Å². The number of hydrogen-bond acceptors (Lipinski definition) is 4. The van der Waals surface area contributed by atoms with E-state index in [1.54, 1.807) is 18.3 Å². The molecule has 2 aromatic heterocycles. The molecule has 0 saturated carbocycles. The van der Waals surface area contributed by atoms with Crippen LogP contribution in [0.15, 0.2) is 48.7 Å². The van der Waals surface area contributed by atoms with Gasteiger partial charge in [0.2, 0.25) is 0 Å². The summed E-state index contributed by atoms with van der Waals surface area (Å²) in [6, 6.07) is 13.3. The van der Waals surface area contributed by atoms with E-state index in [1.165, 1.54) is 31.2 Å². The van der Waals surface area contributed by atoms with Crippen LogP contribution in [0.1, 0.15) is 34.5 Å². The molecule has 0 atom stereocenters. The third-order valence-corrected chi connectivity index (χ3v) is 4.62. The van der Waals surface area contributed by atoms with Crippen molar-refractivity contribution < 1.29 is 9.53 Å². The van der Waals surface area contributed by atoms with Crippen molar-refractivity contribution in [3.63, 3.8) is 0 Å². The number of aromatic nitrogens is 3. The smallest absolute Gasteiger partial charge is 0.337 e. The van der Waals surface area contributed by atoms with Gasteiger partial charge in [0.05, 0.1) is 24.1 Å². The van der Waals surface area contributed by atoms with Crippen molar-refractivity contribution in [1.82, 2.24) is 14.8 Å². The fourth-order valence-electron chi connectivity index (χ4n) is 3.38. The SMILES string of the molecule is COC(=O)c1ccc(-n2nc(-c3ccccn3)c3c2CCCC3)cc1. The standard InChI is InChI=1S/C20H19N3O2/c1-25-20(24)14-9-11-15(12-10-14)23-18-8-3-2-6-16(18)19(22-23)17-7-4-5-13-21-17/h4-5,7,9-13H,2-3,6,8H2,1H3. The van der Waals surface area contributed by atoms with Gasteiger partial charge >= 0.3 is 5.97 Å². The second-order valence-electron chi connectivity index (χ2n) is 6.15. The van der Waals surface area contributed by atoms with Gasteiger partial charge in [0.25, 0.3) is 0 Å². The molecule has 0 bridgehead atoms. The van der Waals surface area contributed by atoms with E-state index >= 15 is 0 Å². The number of carbonyl (C=O) groups excluding carboxylic acids is 1. The largest absolute Gasteiger partial charge is 0.465 e. The van der Waals surface area contributed by atoms with E-state index in [9.17, 15) is 4.79 Å². The monoisotopic (exact) mass is 333 g/mol. The van der Waals surface area contributed by atoms with Gasteiger partial charge < -0.3 is 4.74 Å². The van der Waals surface area contributed by atoms with Crippen LogP contribution in [0, 0.1) is 0 Å². The number of nitrogens with zero attached hydrogens (tertiary/aromatic N) is 3. The summed E-state index contributed by atoms with van der Waals surface area (Å²) >= 11 is 0. The van der Waals surface area contributed by atoms with Gasteiger partial charge in [-0.3, -0.25) is 4.98 Å². The van der Waals surface area contributed by atoms with Gasteiger partial charge in [0, 0.05) is 17.5 Å². The van der Waals surface area contributed by atoms with Crippen LogP contribution >= 0.6 is 0 Å². The maximum Gasteiger partial charge on any atom is 0.337 e. The zero-order valence-corrected chi connectivity index (χ0v) is 14.1. The topological polar surface area (TPSA) is 57.0 Å². The Labute approximate surface area is 146 Å². The lowest BCUT2D eigenvalue weighted by molar-refractivity contribution is 0.0600. The molecular formula is C20H19N3O2. The molecule has 5 heteroatoms. The maximum absolute atomic E-state index is 11.6. The summed E-state index contributed by atoms with van der Waals surface area (Å²) in [5.41, 5.74) is 5.91. The summed E-state index contributed by atoms with van der Waals surface area (Å²) in [6.07, 6.45) is 6.19. The van der Waals surface area contributed by atoms with Crippen molar-refractivity contribution in [2.75, 3.05) is 7.11 Å². The molecule has 1 aromatic carbocycles. The Bertz CT molecular complexity index is 899. The zero-order valence-electron chi connectivity index (χ0n) is 14.1. The first-order valence-corrected chi connectivity index (χ1v) is 8.49. The number of rotatable bonds is 3. The Kier molecular flexibility index (Phi) is 4.06. The van der Waals surface area contributed by atoms with E-state index in [0.29, 0.717) is 5.56 Å². The Morgan fingerprint density at radius 3 is 2.60 bits per heavy atom. The number of benzene rings is 1. The van der Waals surface area contributed by atoms with Crippen LogP contribution in [0.3, 0.4) is 0 Å². The van der Waals surface area contributed by atoms with Crippen molar-refractivity contribution in [3.8, 4) is 17.1 Å². The number of esters is 1. The van der Waals surface area contributed by atoms with Crippen LogP contribution in [0.5, 0.6) is 0 Å². The van der Waals surface area contributed by atoms with Crippen molar-refractivity contribution >= 4 is 5.97 Å². The van der Waals surface area contributed by atoms with Gasteiger partial charge in [-0.15, -0.1) is 0 Å². The van der Waals surface area contributed by atoms with Crippen LogP contribution in [0.25, 0.3) is 17.1 Å². The summed E-state index contributed by atoms with van der Waals surface area (Å²) in [6.45, 7) is 0. The minimum absolute atomic E-state index is 0.330. The van der Waals surface area contributed by atoms with E-state index in [2.05, 4.69) is 4.98 Å². The zero-order chi connectivity index (χ0) is 17.2. The lowest BCUT2D eigenvalue weighted by Gasteiger charge is -2.14. The molecule has 4 rings (SSSR count). The molecule has 0 radical (unpaired) electrons. The average molecular weight is 333 g/mol. The third kappa shape index (κ3) is 2.82. The Morgan fingerprint density at radius 1 is 1.08 bits per heavy atom. The highest BCUT2D eigenvalue weighted by Gasteiger charge is 2.23. The molecule has 3 aromatic rings. The maximum atomic E-state index is 11.6. The van der Waals surface area contributed by atoms with Gasteiger partial charge in [-0.1, -0.05) is 6.07 Å². The minimum Gasteiger partial charge on any atom is -0.465 e. The molecule has 1 aliphatic carbocycles. The summed E-state index contributed by atoms with van der Waals surface area (Å²) in [5, 5.41) is 4.86. The number of ether oxygens (including phenoxy) is 1. The van der Waals surface area contributed by atoms with Crippen LogP contribution in [0.4, 0.5) is 0 Å². The number of methoxy groups -OCH3 is 1. The van der Waals surface area contributed by atoms with Crippen LogP contribution in [-0.2, 0) is 17.6 Å². The first kappa shape index (κ1) is 15.6. The quantitative estimate of drug-likeness (QED) is 0.687. The normalized spacial score (nSPS) is 13.3. The fraction of sp³-hybridized carbons (Fsp3) is 0.250. The lowest BCUT2D eigenvalue weighted by Crippen LogP contribution is -2.08. The molecule has 0 N–H and O–H groups in total. The number of carbonyl (C=O) groups is 1. The second-order valence-corrected chi connectivity index (χ2v) is 6.15. The third-order valence-electron chi connectivity index (χ3n) is 4.62. The highest BCUT2D eigenvalue weighted by Crippen LogP contribution is 2.31. The van der Waals surface area contributed by atoms with Gasteiger partial charge in [-0.25, -0.2) is 9.48 Å². The van der Waals surface area contributed by atoms with Gasteiger partial charge in [-0.2, -0.15) is 5.10 Å². The average Bonchev–Trinajstić information content (AvgIpc) is 3.08. The summed E-state index contributed by atoms with van der Waals surface area (Å²) in [7, 11) is 1.39. The summed E-state index contributed by atoms with van der Waals surface area (Å²) in [5.74, 6) is -0.330. The second kappa shape index (κ2) is 6.51. The highest BCUT2D eigenvalue weighted by atomic mass is 16.5. The molecule has 25 heavy (non-hydrogen) atoms. The van der Waals surface area contributed by atoms with Gasteiger partial charge in [-0.05, 0) is 62.1 Å². The first-order valence-electron chi connectivity index (χ1n) is 8.49. The van der Waals surface area contributed by atoms with Crippen molar-refractivity contribution in [3.05, 3.63) is 65.5 Å². The first-order chi connectivity index (χ1) is 12.3. The Balaban J connectivity index is 1.80. The van der Waals surface area contributed by atoms with Crippen LogP contribution < -0.4 is 0 Å². The molecule has 0 saturated heterocycles. The molecule has 2 heterocycles. The Hall–Kier alpha value is -2.95. The summed E-state index contributed by atoms with van der Waals surface area (Å²) < 4.78 is 6.76. The van der Waals surface area contributed by atoms with E-state index < -0.39 is 0 Å². The Morgan fingerprint density at radius 2 is 1.88 bits per heavy atom. The van der Waals surface area contributed by atoms with Crippen molar-refractivity contribution in [2.24, 2.45) is 0 Å². The van der Waals surface area contributed by atoms with E-state index in [4.69, 9.17) is 9.84 Å². The van der Waals surface area contributed by atoms with Crippen molar-refractivity contribution in [2.45, 2.75) is 25.7 Å². The van der Waals surface area contributed by atoms with E-state index in [1.807, 2.05) is 35.0 Å².